The summed E-state index contributed by atoms with van der Waals surface area (Å²) in [5.74, 6) is 0. The predicted octanol–water partition coefficient (Wildman–Crippen LogP) is -1.43. The molecule has 4 heteroatoms. The number of hydrogen-bond donors (Lipinski definition) is 0. The molecule has 0 spiro atoms. The quantitative estimate of drug-likeness (QED) is 0.468. The van der Waals surface area contributed by atoms with Crippen molar-refractivity contribution in [2.24, 2.45) is 7.05 Å². The first-order chi connectivity index (χ1) is 4.20. The third kappa shape index (κ3) is 1.40. The first-order valence-electron chi connectivity index (χ1n) is 2.41. The molecule has 1 heterocycles. The molecule has 0 bridgehead atoms. The topological polar surface area (TPSA) is 34.9 Å². The predicted molar refractivity (Wildman–Crippen MR) is 34.9 cm³/mol. The van der Waals surface area contributed by atoms with Crippen LogP contribution < -0.4 is 10.3 Å². The molecule has 1 rings (SSSR count). The van der Waals surface area contributed by atoms with Crippen molar-refractivity contribution in [1.29, 1.82) is 0 Å². The Kier molecular flexibility index (Phi) is 1.69. The van der Waals surface area contributed by atoms with Crippen LogP contribution in [0.3, 0.4) is 0 Å². The molecule has 0 saturated carbocycles. The van der Waals surface area contributed by atoms with Crippen molar-refractivity contribution in [3.63, 3.8) is 0 Å². The standard InChI is InChI=1S/C5H5N2OSe/c1-7-3-2-4(8)6-5(7)9/h2-3H,1H3. The Morgan fingerprint density at radius 2 is 2.44 bits per heavy atom. The Morgan fingerprint density at radius 3 is 2.89 bits per heavy atom. The first-order valence-corrected chi connectivity index (χ1v) is 3.26. The number of aromatic nitrogens is 2. The second-order valence-corrected chi connectivity index (χ2v) is 2.43. The van der Waals surface area contributed by atoms with Gasteiger partial charge in [0.1, 0.15) is 0 Å². The third-order valence-electron chi connectivity index (χ3n) is 0.948. The second-order valence-electron chi connectivity index (χ2n) is 1.66. The fourth-order valence-corrected chi connectivity index (χ4v) is 0.766. The molecule has 47 valence electrons. The molecule has 0 atom stereocenters. The van der Waals surface area contributed by atoms with E-state index in [1.165, 1.54) is 6.07 Å². The van der Waals surface area contributed by atoms with Crippen LogP contribution in [0.5, 0.6) is 0 Å². The molecule has 0 N–H and O–H groups in total. The van der Waals surface area contributed by atoms with E-state index in [4.69, 9.17) is 0 Å². The molecule has 0 aliphatic rings. The van der Waals surface area contributed by atoms with Gasteiger partial charge in [-0.2, -0.15) is 0 Å². The fourth-order valence-electron chi connectivity index (χ4n) is 0.450. The average molecular weight is 188 g/mol. The van der Waals surface area contributed by atoms with E-state index < -0.39 is 0 Å². The Hall–Kier alpha value is -0.601. The van der Waals surface area contributed by atoms with Gasteiger partial charge >= 0.3 is 60.0 Å². The van der Waals surface area contributed by atoms with Crippen LogP contribution in [0, 0.1) is 0 Å². The van der Waals surface area contributed by atoms with Crippen molar-refractivity contribution < 1.29 is 0 Å². The first kappa shape index (κ1) is 6.52. The van der Waals surface area contributed by atoms with Crippen LogP contribution in [0.25, 0.3) is 0 Å². The number of rotatable bonds is 0. The molecule has 1 radical (unpaired) electrons. The van der Waals surface area contributed by atoms with E-state index in [-0.39, 0.29) is 5.56 Å². The monoisotopic (exact) mass is 189 g/mol. The molecule has 0 aromatic carbocycles. The van der Waals surface area contributed by atoms with E-state index in [1.54, 1.807) is 10.8 Å². The van der Waals surface area contributed by atoms with Crippen molar-refractivity contribution >= 4 is 20.7 Å². The summed E-state index contributed by atoms with van der Waals surface area (Å²) in [6.45, 7) is 0. The van der Waals surface area contributed by atoms with Crippen LogP contribution in [0.15, 0.2) is 17.1 Å². The Balaban J connectivity index is 3.34. The number of nitrogens with zero attached hydrogens (tertiary/aromatic N) is 2. The van der Waals surface area contributed by atoms with Crippen LogP contribution in [-0.4, -0.2) is 25.6 Å². The van der Waals surface area contributed by atoms with Crippen LogP contribution in [-0.2, 0) is 7.05 Å². The minimum absolute atomic E-state index is 0.207. The van der Waals surface area contributed by atoms with Gasteiger partial charge in [-0.1, -0.05) is 0 Å². The Bertz CT molecular complexity index is 268. The van der Waals surface area contributed by atoms with Crippen molar-refractivity contribution in [2.45, 2.75) is 0 Å². The van der Waals surface area contributed by atoms with Gasteiger partial charge in [0.05, 0.1) is 0 Å². The van der Waals surface area contributed by atoms with Gasteiger partial charge in [-0.15, -0.1) is 0 Å². The van der Waals surface area contributed by atoms with Gasteiger partial charge < -0.3 is 0 Å². The molecule has 0 saturated heterocycles. The second kappa shape index (κ2) is 2.33. The zero-order chi connectivity index (χ0) is 6.85. The molecule has 0 fully saturated rings. The van der Waals surface area contributed by atoms with Gasteiger partial charge in [-0.05, 0) is 0 Å². The van der Waals surface area contributed by atoms with Crippen molar-refractivity contribution in [3.05, 3.63) is 22.6 Å². The Morgan fingerprint density at radius 1 is 1.78 bits per heavy atom. The zero-order valence-electron chi connectivity index (χ0n) is 4.87. The van der Waals surface area contributed by atoms with E-state index in [9.17, 15) is 4.79 Å². The SMILES string of the molecule is Cn1ccc(=O)nc1[Se]. The molecular weight excluding hydrogens is 183 g/mol. The van der Waals surface area contributed by atoms with Gasteiger partial charge in [-0.25, -0.2) is 0 Å². The Labute approximate surface area is 60.5 Å². The van der Waals surface area contributed by atoms with E-state index in [2.05, 4.69) is 21.0 Å². The summed E-state index contributed by atoms with van der Waals surface area (Å²) in [6, 6.07) is 1.42. The maximum absolute atomic E-state index is 10.5. The van der Waals surface area contributed by atoms with E-state index in [0.717, 1.165) is 0 Å². The molecule has 0 amide bonds. The van der Waals surface area contributed by atoms with E-state index in [0.29, 0.717) is 4.72 Å². The van der Waals surface area contributed by atoms with Crippen LogP contribution in [0.4, 0.5) is 0 Å². The molecule has 0 unspecified atom stereocenters. The summed E-state index contributed by atoms with van der Waals surface area (Å²) < 4.78 is 2.35. The van der Waals surface area contributed by atoms with Gasteiger partial charge in [0, 0.05) is 0 Å². The molecule has 0 aliphatic carbocycles. The summed E-state index contributed by atoms with van der Waals surface area (Å²) in [4.78, 5) is 14.1. The number of aryl methyl sites for hydroxylation is 1. The molecule has 3 nitrogen and oxygen atoms in total. The van der Waals surface area contributed by atoms with Crippen molar-refractivity contribution in [1.82, 2.24) is 9.55 Å². The summed E-state index contributed by atoms with van der Waals surface area (Å²) in [5, 5.41) is 0. The average Bonchev–Trinajstić information content (AvgIpc) is 1.80. The van der Waals surface area contributed by atoms with Crippen LogP contribution >= 0.6 is 0 Å². The van der Waals surface area contributed by atoms with Crippen molar-refractivity contribution in [3.8, 4) is 0 Å². The summed E-state index contributed by atoms with van der Waals surface area (Å²) >= 11 is 2.66. The summed E-state index contributed by atoms with van der Waals surface area (Å²) in [7, 11) is 1.82. The zero-order valence-corrected chi connectivity index (χ0v) is 6.58. The fraction of sp³-hybridized carbons (Fsp3) is 0.200. The minimum atomic E-state index is -0.207. The van der Waals surface area contributed by atoms with Gasteiger partial charge in [0.15, 0.2) is 0 Å². The summed E-state index contributed by atoms with van der Waals surface area (Å²) in [5.41, 5.74) is -0.207. The van der Waals surface area contributed by atoms with E-state index in [1.807, 2.05) is 7.05 Å². The number of hydrogen-bond acceptors (Lipinski definition) is 2. The van der Waals surface area contributed by atoms with Gasteiger partial charge in [0.2, 0.25) is 0 Å². The normalized spacial score (nSPS) is 9.44. The van der Waals surface area contributed by atoms with Crippen LogP contribution in [0.2, 0.25) is 0 Å². The van der Waals surface area contributed by atoms with E-state index >= 15 is 0 Å². The molecule has 0 aliphatic heterocycles. The molecule has 1 aromatic heterocycles. The van der Waals surface area contributed by atoms with Gasteiger partial charge in [-0.3, -0.25) is 0 Å². The molecule has 9 heavy (non-hydrogen) atoms. The summed E-state index contributed by atoms with van der Waals surface area (Å²) in [6.07, 6.45) is 1.67. The molecule has 1 aromatic rings. The van der Waals surface area contributed by atoms with Gasteiger partial charge in [0.25, 0.3) is 0 Å². The third-order valence-corrected chi connectivity index (χ3v) is 1.74. The maximum atomic E-state index is 10.5. The van der Waals surface area contributed by atoms with Crippen molar-refractivity contribution in [2.75, 3.05) is 0 Å². The van der Waals surface area contributed by atoms with Crippen LogP contribution in [0.1, 0.15) is 0 Å². The molecular formula is C5H5N2OSe.